The van der Waals surface area contributed by atoms with E-state index in [4.69, 9.17) is 9.84 Å². The van der Waals surface area contributed by atoms with Gasteiger partial charge in [-0.25, -0.2) is 4.79 Å². The number of hydrogen-bond donors (Lipinski definition) is 2. The first-order valence-electron chi connectivity index (χ1n) is 6.56. The minimum absolute atomic E-state index is 0.506. The molecule has 3 rings (SSSR count). The Morgan fingerprint density at radius 1 is 1.32 bits per heavy atom. The van der Waals surface area contributed by atoms with Crippen molar-refractivity contribution in [1.82, 2.24) is 15.2 Å². The van der Waals surface area contributed by atoms with Crippen molar-refractivity contribution in [2.75, 3.05) is 7.11 Å². The highest BCUT2D eigenvalue weighted by atomic mass is 16.5. The molecule has 0 aliphatic rings. The van der Waals surface area contributed by atoms with Gasteiger partial charge in [-0.05, 0) is 29.3 Å². The Bertz CT molecular complexity index is 853. The van der Waals surface area contributed by atoms with Crippen LogP contribution < -0.4 is 4.74 Å². The molecule has 3 aromatic rings. The standard InChI is InChI=1S/C16H13N3O3/c1-22-16-12-5-4-10(7-14(12)18-19-16)13(8-15(20)21)11-3-2-6-17-9-11/h2-9H,1H3,(H,18,19)(H,20,21). The van der Waals surface area contributed by atoms with Gasteiger partial charge in [0.1, 0.15) is 0 Å². The maximum Gasteiger partial charge on any atom is 0.328 e. The van der Waals surface area contributed by atoms with Gasteiger partial charge in [-0.1, -0.05) is 12.1 Å². The summed E-state index contributed by atoms with van der Waals surface area (Å²) in [7, 11) is 1.55. The smallest absolute Gasteiger partial charge is 0.328 e. The quantitative estimate of drug-likeness (QED) is 0.722. The highest BCUT2D eigenvalue weighted by molar-refractivity contribution is 5.97. The van der Waals surface area contributed by atoms with Crippen molar-refractivity contribution in [1.29, 1.82) is 0 Å². The van der Waals surface area contributed by atoms with Gasteiger partial charge >= 0.3 is 5.97 Å². The van der Waals surface area contributed by atoms with Crippen LogP contribution in [0.25, 0.3) is 16.5 Å². The van der Waals surface area contributed by atoms with Crippen molar-refractivity contribution in [3.05, 3.63) is 59.9 Å². The van der Waals surface area contributed by atoms with E-state index in [1.165, 1.54) is 6.08 Å². The highest BCUT2D eigenvalue weighted by Crippen LogP contribution is 2.28. The zero-order valence-electron chi connectivity index (χ0n) is 11.8. The van der Waals surface area contributed by atoms with Crippen LogP contribution in [0.5, 0.6) is 5.88 Å². The maximum atomic E-state index is 11.1. The Morgan fingerprint density at radius 3 is 2.86 bits per heavy atom. The van der Waals surface area contributed by atoms with E-state index in [0.29, 0.717) is 11.5 Å². The minimum atomic E-state index is -1.01. The molecule has 6 nitrogen and oxygen atoms in total. The van der Waals surface area contributed by atoms with Gasteiger partial charge in [-0.3, -0.25) is 10.1 Å². The number of benzene rings is 1. The van der Waals surface area contributed by atoms with Crippen molar-refractivity contribution in [3.8, 4) is 5.88 Å². The zero-order valence-corrected chi connectivity index (χ0v) is 11.8. The third kappa shape index (κ3) is 2.54. The van der Waals surface area contributed by atoms with E-state index in [1.807, 2.05) is 24.3 Å². The Kier molecular flexibility index (Phi) is 3.57. The van der Waals surface area contributed by atoms with E-state index in [9.17, 15) is 4.79 Å². The van der Waals surface area contributed by atoms with Gasteiger partial charge in [0.05, 0.1) is 18.0 Å². The van der Waals surface area contributed by atoms with Gasteiger partial charge < -0.3 is 9.84 Å². The summed E-state index contributed by atoms with van der Waals surface area (Å²) < 4.78 is 5.16. The Labute approximate surface area is 126 Å². The van der Waals surface area contributed by atoms with Crippen molar-refractivity contribution < 1.29 is 14.6 Å². The van der Waals surface area contributed by atoms with E-state index in [-0.39, 0.29) is 0 Å². The first-order chi connectivity index (χ1) is 10.7. The van der Waals surface area contributed by atoms with Crippen LogP contribution in [0.2, 0.25) is 0 Å². The third-order valence-corrected chi connectivity index (χ3v) is 3.27. The molecule has 2 N–H and O–H groups in total. The first-order valence-corrected chi connectivity index (χ1v) is 6.56. The largest absolute Gasteiger partial charge is 0.480 e. The second kappa shape index (κ2) is 5.69. The lowest BCUT2D eigenvalue weighted by atomic mass is 9.98. The monoisotopic (exact) mass is 295 g/mol. The fraction of sp³-hybridized carbons (Fsp3) is 0.0625. The minimum Gasteiger partial charge on any atom is -0.480 e. The summed E-state index contributed by atoms with van der Waals surface area (Å²) in [6.45, 7) is 0. The number of fused-ring (bicyclic) bond motifs is 1. The number of rotatable bonds is 4. The summed E-state index contributed by atoms with van der Waals surface area (Å²) in [6, 6.07) is 9.11. The van der Waals surface area contributed by atoms with Crippen LogP contribution in [0.15, 0.2) is 48.8 Å². The molecule has 0 spiro atoms. The molecule has 0 bridgehead atoms. The van der Waals surface area contributed by atoms with Crippen LogP contribution in [-0.4, -0.2) is 33.4 Å². The number of nitrogens with zero attached hydrogens (tertiary/aromatic N) is 2. The summed E-state index contributed by atoms with van der Waals surface area (Å²) in [6.07, 6.45) is 4.45. The predicted octanol–water partition coefficient (Wildman–Crippen LogP) is 2.48. The van der Waals surface area contributed by atoms with Crippen LogP contribution in [0.1, 0.15) is 11.1 Å². The molecule has 0 amide bonds. The van der Waals surface area contributed by atoms with E-state index in [0.717, 1.165) is 22.0 Å². The number of H-pyrrole nitrogens is 1. The van der Waals surface area contributed by atoms with E-state index < -0.39 is 5.97 Å². The topological polar surface area (TPSA) is 88.1 Å². The highest BCUT2D eigenvalue weighted by Gasteiger charge is 2.11. The van der Waals surface area contributed by atoms with Crippen molar-refractivity contribution in [3.63, 3.8) is 0 Å². The number of ether oxygens (including phenoxy) is 1. The number of carboxylic acids is 1. The fourth-order valence-corrected chi connectivity index (χ4v) is 2.30. The third-order valence-electron chi connectivity index (χ3n) is 3.27. The number of carboxylic acid groups (broad SMARTS) is 1. The molecule has 110 valence electrons. The van der Waals surface area contributed by atoms with Gasteiger partial charge in [0.2, 0.25) is 5.88 Å². The molecule has 2 aromatic heterocycles. The number of aliphatic carboxylic acids is 1. The summed E-state index contributed by atoms with van der Waals surface area (Å²) in [5.41, 5.74) is 2.84. The number of aromatic nitrogens is 3. The fourth-order valence-electron chi connectivity index (χ4n) is 2.30. The zero-order chi connectivity index (χ0) is 15.5. The number of methoxy groups -OCH3 is 1. The average Bonchev–Trinajstić information content (AvgIpc) is 2.95. The van der Waals surface area contributed by atoms with Crippen molar-refractivity contribution in [2.45, 2.75) is 0 Å². The number of carbonyl (C=O) groups is 1. The van der Waals surface area contributed by atoms with Crippen LogP contribution in [0.4, 0.5) is 0 Å². The molecular formula is C16H13N3O3. The lowest BCUT2D eigenvalue weighted by molar-refractivity contribution is -0.131. The first kappa shape index (κ1) is 13.8. The maximum absolute atomic E-state index is 11.1. The average molecular weight is 295 g/mol. The van der Waals surface area contributed by atoms with Gasteiger partial charge in [-0.2, -0.15) is 0 Å². The molecule has 1 aromatic carbocycles. The molecule has 6 heteroatoms. The van der Waals surface area contributed by atoms with Crippen molar-refractivity contribution in [2.24, 2.45) is 0 Å². The second-order valence-corrected chi connectivity index (χ2v) is 4.63. The Morgan fingerprint density at radius 2 is 2.18 bits per heavy atom. The Balaban J connectivity index is 2.14. The Hall–Kier alpha value is -3.15. The number of hydrogen-bond acceptors (Lipinski definition) is 4. The molecule has 0 aliphatic heterocycles. The normalized spacial score (nSPS) is 11.6. The van der Waals surface area contributed by atoms with Gasteiger partial charge in [0.15, 0.2) is 0 Å². The molecule has 0 atom stereocenters. The predicted molar refractivity (Wildman–Crippen MR) is 81.6 cm³/mol. The lowest BCUT2D eigenvalue weighted by Gasteiger charge is -2.07. The van der Waals surface area contributed by atoms with Gasteiger partial charge in [0, 0.05) is 24.0 Å². The number of aromatic amines is 1. The summed E-state index contributed by atoms with van der Waals surface area (Å²) in [5, 5.41) is 16.9. The van der Waals surface area contributed by atoms with Crippen LogP contribution in [0, 0.1) is 0 Å². The van der Waals surface area contributed by atoms with E-state index in [1.54, 1.807) is 25.6 Å². The van der Waals surface area contributed by atoms with Crippen LogP contribution in [-0.2, 0) is 4.79 Å². The van der Waals surface area contributed by atoms with Crippen LogP contribution in [0.3, 0.4) is 0 Å². The summed E-state index contributed by atoms with van der Waals surface area (Å²) in [5.74, 6) is -0.507. The SMILES string of the molecule is COc1n[nH]c2cc(C(=CC(=O)O)c3cccnc3)ccc12. The second-order valence-electron chi connectivity index (χ2n) is 4.63. The lowest BCUT2D eigenvalue weighted by Crippen LogP contribution is -1.95. The molecule has 0 saturated carbocycles. The molecule has 2 heterocycles. The molecule has 0 aliphatic carbocycles. The molecule has 0 fully saturated rings. The van der Waals surface area contributed by atoms with Crippen LogP contribution >= 0.6 is 0 Å². The van der Waals surface area contributed by atoms with Crippen molar-refractivity contribution >= 4 is 22.4 Å². The van der Waals surface area contributed by atoms with Gasteiger partial charge in [-0.15, -0.1) is 5.10 Å². The molecule has 22 heavy (non-hydrogen) atoms. The van der Waals surface area contributed by atoms with E-state index in [2.05, 4.69) is 15.2 Å². The van der Waals surface area contributed by atoms with E-state index >= 15 is 0 Å². The molecule has 0 unspecified atom stereocenters. The molecule has 0 radical (unpaired) electrons. The molecular weight excluding hydrogens is 282 g/mol. The summed E-state index contributed by atoms with van der Waals surface area (Å²) >= 11 is 0. The molecule has 0 saturated heterocycles. The summed E-state index contributed by atoms with van der Waals surface area (Å²) in [4.78, 5) is 15.2. The number of nitrogens with one attached hydrogen (secondary N) is 1. The van der Waals surface area contributed by atoms with Gasteiger partial charge in [0.25, 0.3) is 0 Å². The number of pyridine rings is 1.